The molecule has 2 aromatic carbocycles. The number of rotatable bonds is 11. The van der Waals surface area contributed by atoms with Crippen LogP contribution >= 0.6 is 0 Å². The van der Waals surface area contributed by atoms with Gasteiger partial charge in [0, 0.05) is 24.0 Å². The summed E-state index contributed by atoms with van der Waals surface area (Å²) in [6.45, 7) is 4.55. The summed E-state index contributed by atoms with van der Waals surface area (Å²) in [6, 6.07) is 15.5. The zero-order valence-corrected chi connectivity index (χ0v) is 24.5. The Morgan fingerprint density at radius 2 is 1.41 bits per heavy atom. The molecule has 0 spiro atoms. The van der Waals surface area contributed by atoms with E-state index in [9.17, 15) is 40.7 Å². The molecule has 0 aromatic heterocycles. The summed E-state index contributed by atoms with van der Waals surface area (Å²) in [5, 5.41) is 5.13. The minimum Gasteiger partial charge on any atom is -0.460 e. The van der Waals surface area contributed by atoms with Crippen LogP contribution in [0.15, 0.2) is 59.6 Å². The smallest absolute Gasteiger partial charge is 0.389 e. The van der Waals surface area contributed by atoms with Crippen LogP contribution in [0.1, 0.15) is 70.4 Å². The van der Waals surface area contributed by atoms with Crippen molar-refractivity contribution in [1.82, 2.24) is 5.32 Å². The number of halogens is 6. The van der Waals surface area contributed by atoms with E-state index in [1.165, 1.54) is 20.8 Å². The van der Waals surface area contributed by atoms with E-state index in [0.29, 0.717) is 22.5 Å². The Morgan fingerprint density at radius 3 is 1.98 bits per heavy atom. The Kier molecular flexibility index (Phi) is 11.2. The standard InChI is InChI=1S/C31H35F6N3O4/c1-29(2,3)44-28(43)21(15-10-18-31(35,36)37)20(14-9-17-30(32,33)34)26(41)40-25-27(42)38-23-16-8-7-13-22(23)24(39-25)19-11-5-4-6-12-19/h4-8,11-13,16,20-21,25H,9-10,14-15,17-18H2,1-3H3,(H,38,42)(H,40,41). The summed E-state index contributed by atoms with van der Waals surface area (Å²) in [6.07, 6.45) is -15.3. The molecule has 0 saturated heterocycles. The highest BCUT2D eigenvalue weighted by Gasteiger charge is 2.40. The number of nitrogens with zero attached hydrogens (tertiary/aromatic N) is 1. The van der Waals surface area contributed by atoms with Gasteiger partial charge in [-0.3, -0.25) is 14.4 Å². The third-order valence-corrected chi connectivity index (χ3v) is 6.76. The van der Waals surface area contributed by atoms with Crippen LogP contribution in [0.25, 0.3) is 0 Å². The maximum Gasteiger partial charge on any atom is 0.389 e. The number of hydrogen-bond donors (Lipinski definition) is 2. The molecule has 2 aromatic rings. The number of ether oxygens (including phenoxy) is 1. The van der Waals surface area contributed by atoms with Crippen molar-refractivity contribution in [2.75, 3.05) is 5.32 Å². The van der Waals surface area contributed by atoms with Gasteiger partial charge in [0.1, 0.15) is 5.60 Å². The number of hydrogen-bond acceptors (Lipinski definition) is 5. The summed E-state index contributed by atoms with van der Waals surface area (Å²) in [4.78, 5) is 44.7. The lowest BCUT2D eigenvalue weighted by atomic mass is 9.83. The van der Waals surface area contributed by atoms with E-state index in [2.05, 4.69) is 15.6 Å². The molecule has 7 nitrogen and oxygen atoms in total. The number of nitrogens with one attached hydrogen (secondary N) is 2. The fraction of sp³-hybridized carbons (Fsp3) is 0.484. The molecule has 1 heterocycles. The van der Waals surface area contributed by atoms with E-state index in [1.807, 2.05) is 0 Å². The molecule has 3 rings (SSSR count). The molecule has 44 heavy (non-hydrogen) atoms. The second kappa shape index (κ2) is 14.3. The normalized spacial score (nSPS) is 17.0. The molecule has 0 saturated carbocycles. The van der Waals surface area contributed by atoms with Gasteiger partial charge in [-0.1, -0.05) is 48.5 Å². The zero-order chi connectivity index (χ0) is 32.7. The van der Waals surface area contributed by atoms with Crippen LogP contribution in [-0.2, 0) is 19.1 Å². The predicted octanol–water partition coefficient (Wildman–Crippen LogP) is 6.96. The Balaban J connectivity index is 1.99. The van der Waals surface area contributed by atoms with Crippen LogP contribution in [0.4, 0.5) is 32.0 Å². The summed E-state index contributed by atoms with van der Waals surface area (Å²) in [5.74, 6) is -5.81. The minimum absolute atomic E-state index is 0.340. The maximum atomic E-state index is 13.7. The monoisotopic (exact) mass is 627 g/mol. The number of para-hydroxylation sites is 1. The van der Waals surface area contributed by atoms with Crippen molar-refractivity contribution in [2.24, 2.45) is 16.8 Å². The highest BCUT2D eigenvalue weighted by Crippen LogP contribution is 2.33. The lowest BCUT2D eigenvalue weighted by Gasteiger charge is -2.29. The fourth-order valence-electron chi connectivity index (χ4n) is 4.84. The number of fused-ring (bicyclic) bond motifs is 1. The van der Waals surface area contributed by atoms with Crippen molar-refractivity contribution in [3.8, 4) is 0 Å². The molecular formula is C31H35F6N3O4. The molecule has 0 fully saturated rings. The number of benzodiazepines with no additional fused rings is 1. The molecule has 1 aliphatic heterocycles. The third-order valence-electron chi connectivity index (χ3n) is 6.76. The summed E-state index contributed by atoms with van der Waals surface area (Å²) in [5.41, 5.74) is 0.805. The molecule has 3 unspecified atom stereocenters. The average Bonchev–Trinajstić information content (AvgIpc) is 3.04. The van der Waals surface area contributed by atoms with E-state index < -0.39 is 92.3 Å². The highest BCUT2D eigenvalue weighted by atomic mass is 19.4. The van der Waals surface area contributed by atoms with Gasteiger partial charge in [-0.25, -0.2) is 4.99 Å². The second-order valence-corrected chi connectivity index (χ2v) is 11.6. The van der Waals surface area contributed by atoms with Crippen molar-refractivity contribution in [2.45, 2.75) is 83.4 Å². The van der Waals surface area contributed by atoms with Gasteiger partial charge in [0.15, 0.2) is 0 Å². The van der Waals surface area contributed by atoms with Gasteiger partial charge in [-0.05, 0) is 52.5 Å². The lowest BCUT2D eigenvalue weighted by molar-refractivity contribution is -0.166. The Labute approximate surface area is 251 Å². The molecule has 3 atom stereocenters. The molecule has 2 N–H and O–H groups in total. The molecule has 13 heteroatoms. The Morgan fingerprint density at radius 1 is 0.864 bits per heavy atom. The van der Waals surface area contributed by atoms with Crippen LogP contribution in [0.2, 0.25) is 0 Å². The van der Waals surface area contributed by atoms with Crippen LogP contribution in [-0.4, -0.2) is 47.6 Å². The average molecular weight is 628 g/mol. The Hall–Kier alpha value is -3.90. The molecular weight excluding hydrogens is 592 g/mol. The van der Waals surface area contributed by atoms with Crippen LogP contribution < -0.4 is 10.6 Å². The lowest BCUT2D eigenvalue weighted by Crippen LogP contribution is -2.48. The van der Waals surface area contributed by atoms with Crippen LogP contribution in [0.5, 0.6) is 0 Å². The third kappa shape index (κ3) is 10.7. The first-order chi connectivity index (χ1) is 20.4. The van der Waals surface area contributed by atoms with Crippen molar-refractivity contribution in [3.63, 3.8) is 0 Å². The maximum absolute atomic E-state index is 13.7. The van der Waals surface area contributed by atoms with Gasteiger partial charge in [0.05, 0.1) is 23.2 Å². The van der Waals surface area contributed by atoms with E-state index in [4.69, 9.17) is 4.74 Å². The first-order valence-corrected chi connectivity index (χ1v) is 14.1. The summed E-state index contributed by atoms with van der Waals surface area (Å²) >= 11 is 0. The number of anilines is 1. The number of carbonyl (C=O) groups excluding carboxylic acids is 3. The molecule has 0 radical (unpaired) electrons. The van der Waals surface area contributed by atoms with E-state index >= 15 is 0 Å². The van der Waals surface area contributed by atoms with Gasteiger partial charge in [-0.2, -0.15) is 26.3 Å². The number of esters is 1. The van der Waals surface area contributed by atoms with Gasteiger partial charge in [-0.15, -0.1) is 0 Å². The molecule has 0 aliphatic carbocycles. The van der Waals surface area contributed by atoms with Crippen molar-refractivity contribution in [3.05, 3.63) is 65.7 Å². The predicted molar refractivity (Wildman–Crippen MR) is 152 cm³/mol. The zero-order valence-electron chi connectivity index (χ0n) is 24.5. The largest absolute Gasteiger partial charge is 0.460 e. The minimum atomic E-state index is -4.57. The van der Waals surface area contributed by atoms with Crippen molar-refractivity contribution in [1.29, 1.82) is 0 Å². The van der Waals surface area contributed by atoms with Gasteiger partial charge >= 0.3 is 18.3 Å². The molecule has 240 valence electrons. The summed E-state index contributed by atoms with van der Waals surface area (Å²) < 4.78 is 83.4. The van der Waals surface area contributed by atoms with Gasteiger partial charge in [0.25, 0.3) is 5.91 Å². The topological polar surface area (TPSA) is 96.9 Å². The highest BCUT2D eigenvalue weighted by molar-refractivity contribution is 6.19. The van der Waals surface area contributed by atoms with Crippen LogP contribution in [0, 0.1) is 11.8 Å². The van der Waals surface area contributed by atoms with E-state index in [0.717, 1.165) is 0 Å². The number of benzene rings is 2. The molecule has 0 bridgehead atoms. The SMILES string of the molecule is CC(C)(C)OC(=O)C(CCCC(F)(F)F)C(CCCC(F)(F)F)C(=O)NC1N=C(c2ccccc2)c2ccccc2NC1=O. The van der Waals surface area contributed by atoms with Crippen LogP contribution in [0.3, 0.4) is 0 Å². The van der Waals surface area contributed by atoms with Crippen molar-refractivity contribution >= 4 is 29.2 Å². The molecule has 2 amide bonds. The second-order valence-electron chi connectivity index (χ2n) is 11.6. The van der Waals surface area contributed by atoms with Crippen molar-refractivity contribution < 1.29 is 45.5 Å². The fourth-order valence-corrected chi connectivity index (χ4v) is 4.84. The van der Waals surface area contributed by atoms with Gasteiger partial charge in [0.2, 0.25) is 12.1 Å². The number of alkyl halides is 6. The number of aliphatic imine (C=N–C) groups is 1. The first-order valence-electron chi connectivity index (χ1n) is 14.1. The van der Waals surface area contributed by atoms with Gasteiger partial charge < -0.3 is 15.4 Å². The molecule has 1 aliphatic rings. The number of amides is 2. The summed E-state index contributed by atoms with van der Waals surface area (Å²) in [7, 11) is 0. The van der Waals surface area contributed by atoms with E-state index in [1.54, 1.807) is 54.6 Å². The quantitative estimate of drug-likeness (QED) is 0.208. The number of carbonyl (C=O) groups is 3. The first kappa shape index (κ1) is 34.6. The Bertz CT molecular complexity index is 1340. The van der Waals surface area contributed by atoms with E-state index in [-0.39, 0.29) is 0 Å².